The van der Waals surface area contributed by atoms with E-state index in [0.717, 1.165) is 37.4 Å². The minimum absolute atomic E-state index is 0.0105. The smallest absolute Gasteiger partial charge is 0.317 e. The van der Waals surface area contributed by atoms with Crippen molar-refractivity contribution in [1.29, 1.82) is 0 Å². The quantitative estimate of drug-likeness (QED) is 0.942. The third kappa shape index (κ3) is 3.77. The summed E-state index contributed by atoms with van der Waals surface area (Å²) >= 11 is 0. The van der Waals surface area contributed by atoms with Crippen molar-refractivity contribution in [2.75, 3.05) is 31.1 Å². The highest BCUT2D eigenvalue weighted by Gasteiger charge is 2.22. The van der Waals surface area contributed by atoms with E-state index in [9.17, 15) is 4.79 Å². The molecule has 2 aromatic heterocycles. The number of nitrogens with zero attached hydrogens (tertiary/aromatic N) is 4. The van der Waals surface area contributed by atoms with Crippen molar-refractivity contribution in [3.05, 3.63) is 54.6 Å². The van der Waals surface area contributed by atoms with Gasteiger partial charge in [0.25, 0.3) is 0 Å². The highest BCUT2D eigenvalue weighted by atomic mass is 16.2. The van der Waals surface area contributed by atoms with Crippen LogP contribution in [0.25, 0.3) is 0 Å². The molecule has 1 fully saturated rings. The molecule has 0 bridgehead atoms. The summed E-state index contributed by atoms with van der Waals surface area (Å²) in [5.74, 6) is 0. The lowest BCUT2D eigenvalue weighted by Gasteiger charge is -2.36. The fourth-order valence-electron chi connectivity index (χ4n) is 2.73. The van der Waals surface area contributed by atoms with Gasteiger partial charge in [-0.2, -0.15) is 0 Å². The summed E-state index contributed by atoms with van der Waals surface area (Å²) in [7, 11) is 0. The monoisotopic (exact) mass is 311 g/mol. The molecule has 120 valence electrons. The molecule has 1 aliphatic rings. The highest BCUT2D eigenvalue weighted by molar-refractivity contribution is 5.75. The van der Waals surface area contributed by atoms with Crippen molar-refractivity contribution >= 4 is 11.7 Å². The second-order valence-electron chi connectivity index (χ2n) is 5.63. The molecule has 0 aliphatic carbocycles. The predicted molar refractivity (Wildman–Crippen MR) is 89.2 cm³/mol. The molecule has 1 aliphatic heterocycles. The molecule has 0 spiro atoms. The Labute approximate surface area is 136 Å². The molecule has 0 aromatic carbocycles. The van der Waals surface area contributed by atoms with Crippen molar-refractivity contribution in [2.45, 2.75) is 13.0 Å². The molecular weight excluding hydrogens is 290 g/mol. The summed E-state index contributed by atoms with van der Waals surface area (Å²) in [5.41, 5.74) is 2.22. The molecule has 0 saturated carbocycles. The zero-order valence-electron chi connectivity index (χ0n) is 13.2. The standard InChI is InChI=1S/C17H21N5O/c1-14(15-2-6-18-7-3-15)20-17(23)22-12-10-21(11-13-22)16-4-8-19-9-5-16/h2-9,14H,10-13H2,1H3,(H,20,23). The fraction of sp³-hybridized carbons (Fsp3) is 0.353. The normalized spacial score (nSPS) is 16.0. The van der Waals surface area contributed by atoms with Crippen LogP contribution in [0.4, 0.5) is 10.5 Å². The van der Waals surface area contributed by atoms with E-state index in [4.69, 9.17) is 0 Å². The summed E-state index contributed by atoms with van der Waals surface area (Å²) in [4.78, 5) is 24.6. The first-order chi connectivity index (χ1) is 11.2. The Morgan fingerprint density at radius 1 is 1.00 bits per heavy atom. The first kappa shape index (κ1) is 15.3. The average molecular weight is 311 g/mol. The summed E-state index contributed by atoms with van der Waals surface area (Å²) in [6.07, 6.45) is 7.08. The first-order valence-electron chi connectivity index (χ1n) is 7.84. The van der Waals surface area contributed by atoms with E-state index in [0.29, 0.717) is 0 Å². The Balaban J connectivity index is 1.52. The van der Waals surface area contributed by atoms with Gasteiger partial charge in [-0.3, -0.25) is 9.97 Å². The molecule has 1 atom stereocenters. The molecule has 2 aromatic rings. The van der Waals surface area contributed by atoms with Crippen LogP contribution >= 0.6 is 0 Å². The van der Waals surface area contributed by atoms with Gasteiger partial charge >= 0.3 is 6.03 Å². The van der Waals surface area contributed by atoms with E-state index in [1.165, 1.54) is 0 Å². The lowest BCUT2D eigenvalue weighted by molar-refractivity contribution is 0.191. The predicted octanol–water partition coefficient (Wildman–Crippen LogP) is 2.07. The SMILES string of the molecule is CC(NC(=O)N1CCN(c2ccncc2)CC1)c1ccncc1. The number of urea groups is 1. The lowest BCUT2D eigenvalue weighted by Crippen LogP contribution is -2.52. The summed E-state index contributed by atoms with van der Waals surface area (Å²) in [6.45, 7) is 5.09. The van der Waals surface area contributed by atoms with Crippen molar-refractivity contribution in [3.63, 3.8) is 0 Å². The van der Waals surface area contributed by atoms with E-state index in [1.807, 2.05) is 36.1 Å². The number of hydrogen-bond acceptors (Lipinski definition) is 4. The van der Waals surface area contributed by atoms with Crippen LogP contribution in [0.2, 0.25) is 0 Å². The highest BCUT2D eigenvalue weighted by Crippen LogP contribution is 2.16. The largest absolute Gasteiger partial charge is 0.368 e. The van der Waals surface area contributed by atoms with Crippen LogP contribution in [0.5, 0.6) is 0 Å². The van der Waals surface area contributed by atoms with Gasteiger partial charge in [0.15, 0.2) is 0 Å². The zero-order valence-corrected chi connectivity index (χ0v) is 13.2. The summed E-state index contributed by atoms with van der Waals surface area (Å²) in [6, 6.07) is 7.81. The molecule has 1 saturated heterocycles. The van der Waals surface area contributed by atoms with Crippen molar-refractivity contribution < 1.29 is 4.79 Å². The Bertz CT molecular complexity index is 626. The van der Waals surface area contributed by atoms with Gasteiger partial charge in [0, 0.05) is 56.7 Å². The Morgan fingerprint density at radius 3 is 2.17 bits per heavy atom. The van der Waals surface area contributed by atoms with Crippen molar-refractivity contribution in [3.8, 4) is 0 Å². The Kier molecular flexibility index (Phi) is 4.71. The number of amides is 2. The number of rotatable bonds is 3. The molecule has 23 heavy (non-hydrogen) atoms. The minimum atomic E-state index is -0.0243. The van der Waals surface area contributed by atoms with Crippen molar-refractivity contribution in [2.24, 2.45) is 0 Å². The fourth-order valence-corrected chi connectivity index (χ4v) is 2.73. The molecule has 3 heterocycles. The molecule has 1 unspecified atom stereocenters. The van der Waals surface area contributed by atoms with E-state index in [-0.39, 0.29) is 12.1 Å². The number of carbonyl (C=O) groups excluding carboxylic acids is 1. The minimum Gasteiger partial charge on any atom is -0.368 e. The average Bonchev–Trinajstić information content (AvgIpc) is 2.63. The number of anilines is 1. The van der Waals surface area contributed by atoms with Gasteiger partial charge in [-0.1, -0.05) is 0 Å². The molecule has 0 radical (unpaired) electrons. The number of hydrogen-bond donors (Lipinski definition) is 1. The van der Waals surface area contributed by atoms with Gasteiger partial charge in [-0.25, -0.2) is 4.79 Å². The van der Waals surface area contributed by atoms with Crippen molar-refractivity contribution in [1.82, 2.24) is 20.2 Å². The van der Waals surface area contributed by atoms with Crippen LogP contribution in [0.3, 0.4) is 0 Å². The molecule has 1 N–H and O–H groups in total. The summed E-state index contributed by atoms with van der Waals surface area (Å²) < 4.78 is 0. The van der Waals surface area contributed by atoms with Crippen LogP contribution in [0.1, 0.15) is 18.5 Å². The van der Waals surface area contributed by atoms with Crippen LogP contribution in [-0.4, -0.2) is 47.1 Å². The zero-order chi connectivity index (χ0) is 16.1. The molecule has 6 nitrogen and oxygen atoms in total. The van der Waals surface area contributed by atoms with E-state index < -0.39 is 0 Å². The van der Waals surface area contributed by atoms with Gasteiger partial charge in [0.2, 0.25) is 0 Å². The Hall–Kier alpha value is -2.63. The number of carbonyl (C=O) groups is 1. The number of piperazine rings is 1. The molecule has 3 rings (SSSR count). The lowest BCUT2D eigenvalue weighted by atomic mass is 10.1. The third-order valence-corrected chi connectivity index (χ3v) is 4.14. The topological polar surface area (TPSA) is 61.4 Å². The van der Waals surface area contributed by atoms with Crippen LogP contribution in [-0.2, 0) is 0 Å². The second-order valence-corrected chi connectivity index (χ2v) is 5.63. The second kappa shape index (κ2) is 7.09. The van der Waals surface area contributed by atoms with Crippen LogP contribution in [0, 0.1) is 0 Å². The van der Waals surface area contributed by atoms with E-state index >= 15 is 0 Å². The maximum atomic E-state index is 12.4. The van der Waals surface area contributed by atoms with E-state index in [1.54, 1.807) is 24.8 Å². The van der Waals surface area contributed by atoms with Crippen LogP contribution in [0.15, 0.2) is 49.1 Å². The molecular formula is C17H21N5O. The molecule has 6 heteroatoms. The van der Waals surface area contributed by atoms with Gasteiger partial charge < -0.3 is 15.1 Å². The maximum absolute atomic E-state index is 12.4. The third-order valence-electron chi connectivity index (χ3n) is 4.14. The van der Waals surface area contributed by atoms with E-state index in [2.05, 4.69) is 20.2 Å². The number of nitrogens with one attached hydrogen (secondary N) is 1. The van der Waals surface area contributed by atoms with Gasteiger partial charge in [0.05, 0.1) is 6.04 Å². The first-order valence-corrected chi connectivity index (χ1v) is 7.84. The van der Waals surface area contributed by atoms with Gasteiger partial charge in [0.1, 0.15) is 0 Å². The van der Waals surface area contributed by atoms with Gasteiger partial charge in [-0.05, 0) is 36.8 Å². The maximum Gasteiger partial charge on any atom is 0.317 e. The Morgan fingerprint density at radius 2 is 1.57 bits per heavy atom. The summed E-state index contributed by atoms with van der Waals surface area (Å²) in [5, 5.41) is 3.05. The van der Waals surface area contributed by atoms with Crippen LogP contribution < -0.4 is 10.2 Å². The van der Waals surface area contributed by atoms with Gasteiger partial charge in [-0.15, -0.1) is 0 Å². The number of aromatic nitrogens is 2. The number of pyridine rings is 2. The molecule has 2 amide bonds.